The Bertz CT molecular complexity index is 1710. The van der Waals surface area contributed by atoms with Gasteiger partial charge >= 0.3 is 0 Å². The smallest absolute Gasteiger partial charge is 0.264 e. The molecule has 0 aliphatic carbocycles. The molecular formula is C37H43N3O4S. The first-order valence-electron chi connectivity index (χ1n) is 15.1. The number of carbonyl (C=O) groups excluding carboxylic acids is 2. The van der Waals surface area contributed by atoms with Crippen molar-refractivity contribution in [1.29, 1.82) is 0 Å². The maximum atomic E-state index is 14.6. The van der Waals surface area contributed by atoms with E-state index in [9.17, 15) is 18.0 Å². The molecule has 236 valence electrons. The van der Waals surface area contributed by atoms with Crippen LogP contribution in [0.5, 0.6) is 0 Å². The highest BCUT2D eigenvalue weighted by molar-refractivity contribution is 7.92. The molecule has 4 aromatic rings. The molecule has 0 fully saturated rings. The Hall–Kier alpha value is -4.43. The highest BCUT2D eigenvalue weighted by atomic mass is 32.2. The summed E-state index contributed by atoms with van der Waals surface area (Å²) in [6.45, 7) is 11.1. The maximum Gasteiger partial charge on any atom is 0.264 e. The molecule has 4 aromatic carbocycles. The van der Waals surface area contributed by atoms with Crippen molar-refractivity contribution in [1.82, 2.24) is 10.2 Å². The summed E-state index contributed by atoms with van der Waals surface area (Å²) < 4.78 is 29.5. The van der Waals surface area contributed by atoms with E-state index in [2.05, 4.69) is 5.32 Å². The van der Waals surface area contributed by atoms with Crippen molar-refractivity contribution in [2.45, 2.75) is 71.0 Å². The van der Waals surface area contributed by atoms with Crippen molar-refractivity contribution in [3.05, 3.63) is 131 Å². The van der Waals surface area contributed by atoms with Gasteiger partial charge in [-0.2, -0.15) is 0 Å². The van der Waals surface area contributed by atoms with Crippen LogP contribution >= 0.6 is 0 Å². The van der Waals surface area contributed by atoms with Gasteiger partial charge in [-0.05, 0) is 82.5 Å². The number of rotatable bonds is 11. The average molecular weight is 626 g/mol. The van der Waals surface area contributed by atoms with Crippen molar-refractivity contribution in [3.63, 3.8) is 0 Å². The predicted molar refractivity (Wildman–Crippen MR) is 180 cm³/mol. The molecule has 0 aliphatic rings. The fourth-order valence-electron chi connectivity index (χ4n) is 5.06. The summed E-state index contributed by atoms with van der Waals surface area (Å²) in [5.74, 6) is -0.795. The van der Waals surface area contributed by atoms with E-state index in [1.165, 1.54) is 4.90 Å². The second kappa shape index (κ2) is 14.1. The van der Waals surface area contributed by atoms with Crippen LogP contribution in [-0.4, -0.2) is 43.3 Å². The van der Waals surface area contributed by atoms with Crippen LogP contribution in [0.1, 0.15) is 48.6 Å². The normalized spacial score (nSPS) is 12.3. The molecule has 0 radical (unpaired) electrons. The summed E-state index contributed by atoms with van der Waals surface area (Å²) in [4.78, 5) is 30.2. The summed E-state index contributed by atoms with van der Waals surface area (Å²) >= 11 is 0. The summed E-state index contributed by atoms with van der Waals surface area (Å²) in [5.41, 5.74) is 4.42. The third-order valence-electron chi connectivity index (χ3n) is 7.58. The number of benzene rings is 4. The maximum absolute atomic E-state index is 14.6. The van der Waals surface area contributed by atoms with Gasteiger partial charge in [0, 0.05) is 18.5 Å². The molecule has 8 heteroatoms. The van der Waals surface area contributed by atoms with Crippen molar-refractivity contribution < 1.29 is 18.0 Å². The highest BCUT2D eigenvalue weighted by Gasteiger charge is 2.35. The van der Waals surface area contributed by atoms with E-state index >= 15 is 0 Å². The zero-order valence-corrected chi connectivity index (χ0v) is 27.8. The summed E-state index contributed by atoms with van der Waals surface area (Å²) in [5, 5.41) is 3.06. The highest BCUT2D eigenvalue weighted by Crippen LogP contribution is 2.26. The van der Waals surface area contributed by atoms with Gasteiger partial charge in [-0.3, -0.25) is 13.9 Å². The number of nitrogens with one attached hydrogen (secondary N) is 1. The van der Waals surface area contributed by atoms with Gasteiger partial charge in [0.05, 0.1) is 10.6 Å². The number of hydrogen-bond acceptors (Lipinski definition) is 4. The quantitative estimate of drug-likeness (QED) is 0.210. The largest absolute Gasteiger partial charge is 0.350 e. The molecule has 0 heterocycles. The van der Waals surface area contributed by atoms with E-state index in [0.717, 1.165) is 32.1 Å². The molecule has 0 aromatic heterocycles. The Morgan fingerprint density at radius 3 is 1.89 bits per heavy atom. The number of carbonyl (C=O) groups is 2. The molecule has 0 bridgehead atoms. The van der Waals surface area contributed by atoms with E-state index in [0.29, 0.717) is 5.69 Å². The van der Waals surface area contributed by atoms with Crippen LogP contribution in [0, 0.1) is 20.8 Å². The minimum Gasteiger partial charge on any atom is -0.350 e. The minimum atomic E-state index is -4.14. The first-order chi connectivity index (χ1) is 21.2. The van der Waals surface area contributed by atoms with E-state index < -0.39 is 34.1 Å². The first kappa shape index (κ1) is 33.5. The van der Waals surface area contributed by atoms with Crippen LogP contribution < -0.4 is 9.62 Å². The third-order valence-corrected chi connectivity index (χ3v) is 9.37. The number of anilines is 1. The molecule has 0 aliphatic heterocycles. The number of hydrogen-bond donors (Lipinski definition) is 1. The Balaban J connectivity index is 1.82. The van der Waals surface area contributed by atoms with Crippen LogP contribution in [0.25, 0.3) is 0 Å². The van der Waals surface area contributed by atoms with Crippen LogP contribution in [0.4, 0.5) is 5.69 Å². The summed E-state index contributed by atoms with van der Waals surface area (Å²) in [6.07, 6.45) is 0.260. The van der Waals surface area contributed by atoms with E-state index in [1.54, 1.807) is 36.4 Å². The van der Waals surface area contributed by atoms with E-state index in [1.807, 2.05) is 108 Å². The van der Waals surface area contributed by atoms with Gasteiger partial charge in [-0.15, -0.1) is 0 Å². The van der Waals surface area contributed by atoms with Gasteiger partial charge in [0.15, 0.2) is 0 Å². The topological polar surface area (TPSA) is 86.8 Å². The third kappa shape index (κ3) is 8.82. The van der Waals surface area contributed by atoms with E-state index in [4.69, 9.17) is 0 Å². The van der Waals surface area contributed by atoms with Gasteiger partial charge in [0.25, 0.3) is 10.0 Å². The lowest BCUT2D eigenvalue weighted by Crippen LogP contribution is -2.56. The SMILES string of the molecule is Cc1ccc(N(CC(=O)N(Cc2ccccc2C)C(Cc2ccccc2)C(=O)NC(C)(C)C)S(=O)(=O)c2ccc(C)cc2)cc1. The van der Waals surface area contributed by atoms with Crippen LogP contribution in [-0.2, 0) is 32.6 Å². The van der Waals surface area contributed by atoms with Crippen molar-refractivity contribution in [3.8, 4) is 0 Å². The fraction of sp³-hybridized carbons (Fsp3) is 0.297. The Morgan fingerprint density at radius 2 is 1.31 bits per heavy atom. The molecule has 0 saturated carbocycles. The van der Waals surface area contributed by atoms with Gasteiger partial charge in [0.2, 0.25) is 11.8 Å². The summed E-state index contributed by atoms with van der Waals surface area (Å²) in [6, 6.07) is 30.0. The second-order valence-corrected chi connectivity index (χ2v) is 14.4. The Morgan fingerprint density at radius 1 is 0.756 bits per heavy atom. The van der Waals surface area contributed by atoms with Gasteiger partial charge in [0.1, 0.15) is 12.6 Å². The molecule has 1 N–H and O–H groups in total. The molecule has 0 spiro atoms. The van der Waals surface area contributed by atoms with Gasteiger partial charge in [-0.1, -0.05) is 90.0 Å². The number of sulfonamides is 1. The predicted octanol–water partition coefficient (Wildman–Crippen LogP) is 6.36. The Kier molecular flexibility index (Phi) is 10.5. The Labute approximate surface area is 268 Å². The lowest BCUT2D eigenvalue weighted by molar-refractivity contribution is -0.140. The molecule has 7 nitrogen and oxygen atoms in total. The standard InChI is InChI=1S/C37H43N3O4S/c1-27-16-20-32(21-17-27)40(45(43,44)33-22-18-28(2)19-23-33)26-35(41)39(25-31-15-11-10-12-29(31)3)34(36(42)38-37(4,5)6)24-30-13-8-7-9-14-30/h7-23,34H,24-26H2,1-6H3,(H,38,42). The molecule has 45 heavy (non-hydrogen) atoms. The monoisotopic (exact) mass is 625 g/mol. The molecule has 1 unspecified atom stereocenters. The molecule has 4 rings (SSSR count). The minimum absolute atomic E-state index is 0.0817. The van der Waals surface area contributed by atoms with Crippen LogP contribution in [0.15, 0.2) is 108 Å². The zero-order chi connectivity index (χ0) is 32.8. The lowest BCUT2D eigenvalue weighted by Gasteiger charge is -2.35. The van der Waals surface area contributed by atoms with E-state index in [-0.39, 0.29) is 23.8 Å². The van der Waals surface area contributed by atoms with Gasteiger partial charge < -0.3 is 10.2 Å². The van der Waals surface area contributed by atoms with Crippen molar-refractivity contribution in [2.75, 3.05) is 10.8 Å². The van der Waals surface area contributed by atoms with Crippen LogP contribution in [0.3, 0.4) is 0 Å². The zero-order valence-electron chi connectivity index (χ0n) is 26.9. The number of nitrogens with zero attached hydrogens (tertiary/aromatic N) is 2. The molecule has 2 amide bonds. The van der Waals surface area contributed by atoms with Crippen molar-refractivity contribution >= 4 is 27.5 Å². The van der Waals surface area contributed by atoms with Gasteiger partial charge in [-0.25, -0.2) is 8.42 Å². The number of aryl methyl sites for hydroxylation is 3. The molecular weight excluding hydrogens is 582 g/mol. The van der Waals surface area contributed by atoms with Crippen molar-refractivity contribution in [2.24, 2.45) is 0 Å². The summed E-state index contributed by atoms with van der Waals surface area (Å²) in [7, 11) is -4.14. The number of amides is 2. The first-order valence-corrected chi connectivity index (χ1v) is 16.5. The molecule has 0 saturated heterocycles. The fourth-order valence-corrected chi connectivity index (χ4v) is 6.47. The average Bonchev–Trinajstić information content (AvgIpc) is 2.99. The lowest BCUT2D eigenvalue weighted by atomic mass is 10.00. The van der Waals surface area contributed by atoms with Crippen LogP contribution in [0.2, 0.25) is 0 Å². The second-order valence-electron chi connectivity index (χ2n) is 12.6. The molecule has 1 atom stereocenters.